The fourth-order valence-electron chi connectivity index (χ4n) is 5.45. The molecule has 2 heterocycles. The molecule has 0 aromatic heterocycles. The number of para-hydroxylation sites is 2. The van der Waals surface area contributed by atoms with Crippen molar-refractivity contribution in [3.8, 4) is 11.5 Å². The second-order valence-electron chi connectivity index (χ2n) is 10.1. The number of nitrogens with zero attached hydrogens (tertiary/aromatic N) is 2. The van der Waals surface area contributed by atoms with Crippen LogP contribution in [-0.2, 0) is 19.7 Å². The summed E-state index contributed by atoms with van der Waals surface area (Å²) < 4.78 is 56.1. The Morgan fingerprint density at radius 3 is 1.24 bits per heavy atom. The van der Waals surface area contributed by atoms with Gasteiger partial charge in [-0.05, 0) is 48.5 Å². The van der Waals surface area contributed by atoms with E-state index >= 15 is 0 Å². The maximum Gasteiger partial charge on any atom is 0.259 e. The van der Waals surface area contributed by atoms with Crippen LogP contribution < -0.4 is 9.80 Å². The number of aromatic hydroxyl groups is 2. The van der Waals surface area contributed by atoms with E-state index in [1.807, 2.05) is 0 Å². The van der Waals surface area contributed by atoms with Gasteiger partial charge in [-0.3, -0.25) is 19.4 Å². The van der Waals surface area contributed by atoms with E-state index in [0.29, 0.717) is 0 Å². The molecule has 16 heteroatoms. The Labute approximate surface area is 276 Å². The zero-order valence-corrected chi connectivity index (χ0v) is 27.0. The average molecular weight is 728 g/mol. The Morgan fingerprint density at radius 2 is 0.911 bits per heavy atom. The summed E-state index contributed by atoms with van der Waals surface area (Å²) in [7, 11) is -8.85. The standard InChI is InChI=1S/C29H18Cl4N2O8S2/c30-16-9-14(10-17(31)26(16)36)28(38)34-20-5-1-3-7-22(20)44(40,41)24(34)13-25-35(21-6-2-4-8-23(21)45(25,42)43)29(39)15-11-18(32)27(37)19(33)12-15/h1-12,24-25,36-37H,13H2. The third-order valence-electron chi connectivity index (χ3n) is 7.52. The van der Waals surface area contributed by atoms with Crippen molar-refractivity contribution in [2.45, 2.75) is 27.0 Å². The SMILES string of the molecule is O=C(c1cc(Cl)c(O)c(Cl)c1)N1c2ccccc2S(=O)(=O)C1CC1N(C(=O)c2cc(Cl)c(O)c(Cl)c2)c2ccccc2S1(=O)=O. The fraction of sp³-hybridized carbons (Fsp3) is 0.103. The minimum Gasteiger partial charge on any atom is -0.505 e. The molecule has 6 rings (SSSR count). The minimum atomic E-state index is -4.42. The molecule has 2 N–H and O–H groups in total. The van der Waals surface area contributed by atoms with E-state index < -0.39 is 60.2 Å². The molecule has 232 valence electrons. The van der Waals surface area contributed by atoms with Crippen molar-refractivity contribution in [2.75, 3.05) is 9.80 Å². The quantitative estimate of drug-likeness (QED) is 0.248. The predicted molar refractivity (Wildman–Crippen MR) is 169 cm³/mol. The normalized spacial score (nSPS) is 19.3. The van der Waals surface area contributed by atoms with Crippen LogP contribution in [0, 0.1) is 0 Å². The number of amides is 2. The van der Waals surface area contributed by atoms with Gasteiger partial charge in [0.2, 0.25) is 19.7 Å². The lowest BCUT2D eigenvalue weighted by molar-refractivity contribution is 0.0983. The molecule has 2 unspecified atom stereocenters. The van der Waals surface area contributed by atoms with E-state index in [1.54, 1.807) is 0 Å². The number of anilines is 2. The topological polar surface area (TPSA) is 149 Å². The van der Waals surface area contributed by atoms with Gasteiger partial charge in [-0.15, -0.1) is 0 Å². The number of carbonyl (C=O) groups is 2. The third-order valence-corrected chi connectivity index (χ3v) is 12.8. The fourth-order valence-corrected chi connectivity index (χ4v) is 10.4. The van der Waals surface area contributed by atoms with Crippen LogP contribution in [0.5, 0.6) is 11.5 Å². The van der Waals surface area contributed by atoms with Crippen molar-refractivity contribution in [1.29, 1.82) is 0 Å². The number of fused-ring (bicyclic) bond motifs is 2. The van der Waals surface area contributed by atoms with Gasteiger partial charge in [-0.1, -0.05) is 70.7 Å². The van der Waals surface area contributed by atoms with Gasteiger partial charge in [-0.25, -0.2) is 16.8 Å². The van der Waals surface area contributed by atoms with Gasteiger partial charge in [0.05, 0.1) is 41.3 Å². The van der Waals surface area contributed by atoms with E-state index in [-0.39, 0.29) is 52.4 Å². The van der Waals surface area contributed by atoms with E-state index in [0.717, 1.165) is 34.1 Å². The molecule has 0 saturated carbocycles. The van der Waals surface area contributed by atoms with Crippen LogP contribution in [0.25, 0.3) is 0 Å². The summed E-state index contributed by atoms with van der Waals surface area (Å²) in [6.45, 7) is 0. The zero-order chi connectivity index (χ0) is 32.6. The van der Waals surface area contributed by atoms with E-state index in [1.165, 1.54) is 48.5 Å². The first-order valence-electron chi connectivity index (χ1n) is 12.8. The van der Waals surface area contributed by atoms with Crippen LogP contribution in [0.3, 0.4) is 0 Å². The average Bonchev–Trinajstić information content (AvgIpc) is 3.36. The van der Waals surface area contributed by atoms with Crippen LogP contribution in [0.15, 0.2) is 82.6 Å². The number of rotatable bonds is 4. The molecule has 0 saturated heterocycles. The van der Waals surface area contributed by atoms with Gasteiger partial charge in [0.25, 0.3) is 11.8 Å². The lowest BCUT2D eigenvalue weighted by atomic mass is 10.1. The first kappa shape index (κ1) is 31.5. The highest BCUT2D eigenvalue weighted by Gasteiger charge is 2.53. The van der Waals surface area contributed by atoms with Gasteiger partial charge < -0.3 is 10.2 Å². The van der Waals surface area contributed by atoms with Crippen molar-refractivity contribution in [2.24, 2.45) is 0 Å². The third kappa shape index (κ3) is 4.91. The molecule has 2 amide bonds. The summed E-state index contributed by atoms with van der Waals surface area (Å²) in [5, 5.41) is 15.3. The Morgan fingerprint density at radius 1 is 0.600 bits per heavy atom. The second kappa shape index (κ2) is 11.1. The van der Waals surface area contributed by atoms with E-state index in [4.69, 9.17) is 46.4 Å². The Kier molecular flexibility index (Phi) is 7.74. The molecule has 4 aromatic rings. The molecule has 0 aliphatic carbocycles. The number of carbonyl (C=O) groups excluding carboxylic acids is 2. The molecule has 10 nitrogen and oxygen atoms in total. The minimum absolute atomic E-state index is 0.0318. The molecule has 4 aromatic carbocycles. The molecular formula is C29H18Cl4N2O8S2. The number of hydrogen-bond acceptors (Lipinski definition) is 8. The van der Waals surface area contributed by atoms with Gasteiger partial charge in [-0.2, -0.15) is 0 Å². The lowest BCUT2D eigenvalue weighted by Crippen LogP contribution is -2.48. The van der Waals surface area contributed by atoms with Gasteiger partial charge in [0.15, 0.2) is 11.5 Å². The zero-order valence-electron chi connectivity index (χ0n) is 22.4. The van der Waals surface area contributed by atoms with Crippen molar-refractivity contribution < 1.29 is 36.6 Å². The van der Waals surface area contributed by atoms with Crippen LogP contribution in [-0.4, -0.2) is 49.6 Å². The summed E-state index contributed by atoms with van der Waals surface area (Å²) in [6, 6.07) is 15.7. The Hall–Kier alpha value is -3.52. The van der Waals surface area contributed by atoms with Crippen molar-refractivity contribution in [3.05, 3.63) is 104 Å². The molecule has 2 atom stereocenters. The summed E-state index contributed by atoms with van der Waals surface area (Å²) in [4.78, 5) is 29.4. The highest BCUT2D eigenvalue weighted by Crippen LogP contribution is 2.47. The molecule has 0 bridgehead atoms. The number of benzene rings is 4. The summed E-state index contributed by atoms with van der Waals surface area (Å²) in [6.07, 6.45) is -0.773. The van der Waals surface area contributed by atoms with Gasteiger partial charge >= 0.3 is 0 Å². The maximum atomic E-state index is 14.0. The Bertz CT molecular complexity index is 1980. The highest BCUT2D eigenvalue weighted by atomic mass is 35.5. The van der Waals surface area contributed by atoms with Crippen molar-refractivity contribution in [3.63, 3.8) is 0 Å². The largest absolute Gasteiger partial charge is 0.505 e. The number of phenols is 2. The smallest absolute Gasteiger partial charge is 0.259 e. The number of hydrogen-bond donors (Lipinski definition) is 2. The lowest BCUT2D eigenvalue weighted by Gasteiger charge is -2.30. The van der Waals surface area contributed by atoms with E-state index in [2.05, 4.69) is 0 Å². The molecule has 0 radical (unpaired) electrons. The number of sulfone groups is 2. The summed E-state index contributed by atoms with van der Waals surface area (Å²) >= 11 is 24.2. The van der Waals surface area contributed by atoms with Crippen molar-refractivity contribution in [1.82, 2.24) is 0 Å². The molecule has 0 spiro atoms. The monoisotopic (exact) mass is 726 g/mol. The predicted octanol–water partition coefficient (Wildman–Crippen LogP) is 6.32. The van der Waals surface area contributed by atoms with Crippen LogP contribution in [0.2, 0.25) is 20.1 Å². The molecule has 2 aliphatic rings. The number of phenolic OH excluding ortho intramolecular Hbond substituents is 2. The summed E-state index contributed by atoms with van der Waals surface area (Å²) in [5.74, 6) is -2.78. The van der Waals surface area contributed by atoms with Gasteiger partial charge in [0, 0.05) is 17.5 Å². The summed E-state index contributed by atoms with van der Waals surface area (Å²) in [5.41, 5.74) is -0.427. The second-order valence-corrected chi connectivity index (χ2v) is 15.9. The highest BCUT2D eigenvalue weighted by molar-refractivity contribution is 7.93. The van der Waals surface area contributed by atoms with Crippen molar-refractivity contribution >= 4 is 89.3 Å². The molecule has 2 aliphatic heterocycles. The molecular weight excluding hydrogens is 710 g/mol. The molecule has 45 heavy (non-hydrogen) atoms. The van der Waals surface area contributed by atoms with Crippen LogP contribution in [0.4, 0.5) is 11.4 Å². The first-order valence-corrected chi connectivity index (χ1v) is 17.5. The Balaban J connectivity index is 1.51. The van der Waals surface area contributed by atoms with Crippen LogP contribution in [0.1, 0.15) is 27.1 Å². The first-order chi connectivity index (χ1) is 21.2. The van der Waals surface area contributed by atoms with Gasteiger partial charge in [0.1, 0.15) is 10.7 Å². The van der Waals surface area contributed by atoms with E-state index in [9.17, 15) is 36.6 Å². The maximum absolute atomic E-state index is 14.0. The molecule has 0 fully saturated rings. The van der Waals surface area contributed by atoms with Crippen LogP contribution >= 0.6 is 46.4 Å². The number of halogens is 4.